The van der Waals surface area contributed by atoms with Gasteiger partial charge in [0, 0.05) is 35.7 Å². The van der Waals surface area contributed by atoms with Gasteiger partial charge in [0.15, 0.2) is 0 Å². The Balaban J connectivity index is 2.04. The van der Waals surface area contributed by atoms with E-state index in [0.717, 1.165) is 35.1 Å². The van der Waals surface area contributed by atoms with Gasteiger partial charge in [-0.2, -0.15) is 0 Å². The van der Waals surface area contributed by atoms with Crippen molar-refractivity contribution in [1.82, 2.24) is 9.88 Å². The van der Waals surface area contributed by atoms with Crippen molar-refractivity contribution in [3.63, 3.8) is 0 Å². The smallest absolute Gasteiger partial charge is 0.255 e. The fourth-order valence-corrected chi connectivity index (χ4v) is 2.61. The highest BCUT2D eigenvalue weighted by Crippen LogP contribution is 2.20. The summed E-state index contributed by atoms with van der Waals surface area (Å²) < 4.78 is 0.888. The summed E-state index contributed by atoms with van der Waals surface area (Å²) >= 11 is 2.13. The summed E-state index contributed by atoms with van der Waals surface area (Å²) in [4.78, 5) is 18.1. The fraction of sp³-hybridized carbons (Fsp3) is 0.500. The van der Waals surface area contributed by atoms with Gasteiger partial charge in [0.2, 0.25) is 0 Å². The maximum atomic E-state index is 12.2. The number of nitrogens with zero attached hydrogens (tertiary/aromatic N) is 2. The number of hydrogen-bond donors (Lipinski definition) is 1. The molecule has 1 aromatic heterocycles. The highest BCUT2D eigenvalue weighted by Gasteiger charge is 2.24. The molecule has 0 saturated carbocycles. The molecule has 0 bridgehead atoms. The first-order valence-corrected chi connectivity index (χ1v) is 6.80. The van der Waals surface area contributed by atoms with Crippen LogP contribution in [0.2, 0.25) is 0 Å². The maximum Gasteiger partial charge on any atom is 0.255 e. The van der Waals surface area contributed by atoms with Gasteiger partial charge in [-0.05, 0) is 47.4 Å². The molecule has 2 heterocycles. The van der Waals surface area contributed by atoms with Crippen LogP contribution in [0.3, 0.4) is 0 Å². The second kappa shape index (κ2) is 5.77. The van der Waals surface area contributed by atoms with Crippen LogP contribution in [0.5, 0.6) is 0 Å². The van der Waals surface area contributed by atoms with E-state index in [1.165, 1.54) is 0 Å². The topological polar surface area (TPSA) is 53.4 Å². The normalized spacial score (nSPS) is 17.2. The first kappa shape index (κ1) is 12.8. The van der Waals surface area contributed by atoms with Crippen molar-refractivity contribution < 1.29 is 9.90 Å². The number of piperidine rings is 1. The molecule has 5 heteroatoms. The van der Waals surface area contributed by atoms with Crippen LogP contribution in [-0.4, -0.2) is 40.6 Å². The molecule has 0 radical (unpaired) electrons. The Morgan fingerprint density at radius 1 is 1.53 bits per heavy atom. The number of aliphatic hydroxyl groups is 1. The standard InChI is InChI=1S/C12H15IN2O2/c13-11-7-14-4-1-10(11)12(17)15-5-2-9(8-16)3-6-15/h1,4,7,9,16H,2-3,5-6,8H2. The SMILES string of the molecule is O=C(c1ccncc1I)N1CCC(CO)CC1. The van der Waals surface area contributed by atoms with Crippen LogP contribution in [0.4, 0.5) is 0 Å². The number of rotatable bonds is 2. The Bertz CT molecular complexity index is 403. The third kappa shape index (κ3) is 2.95. The van der Waals surface area contributed by atoms with E-state index in [9.17, 15) is 4.79 Å². The summed E-state index contributed by atoms with van der Waals surface area (Å²) in [5.74, 6) is 0.434. The summed E-state index contributed by atoms with van der Waals surface area (Å²) in [6, 6.07) is 1.77. The monoisotopic (exact) mass is 346 g/mol. The lowest BCUT2D eigenvalue weighted by atomic mass is 9.97. The van der Waals surface area contributed by atoms with Crippen LogP contribution in [0, 0.1) is 9.49 Å². The van der Waals surface area contributed by atoms with Crippen molar-refractivity contribution >= 4 is 28.5 Å². The highest BCUT2D eigenvalue weighted by atomic mass is 127. The Labute approximate surface area is 114 Å². The second-order valence-electron chi connectivity index (χ2n) is 4.27. The van der Waals surface area contributed by atoms with Crippen LogP contribution < -0.4 is 0 Å². The van der Waals surface area contributed by atoms with Crippen molar-refractivity contribution in [2.24, 2.45) is 5.92 Å². The van der Waals surface area contributed by atoms with Gasteiger partial charge in [0.05, 0.1) is 5.56 Å². The molecule has 1 fully saturated rings. The number of carbonyl (C=O) groups excluding carboxylic acids is 1. The van der Waals surface area contributed by atoms with Crippen LogP contribution in [0.15, 0.2) is 18.5 Å². The molecule has 92 valence electrons. The first-order valence-electron chi connectivity index (χ1n) is 5.72. The number of halogens is 1. The lowest BCUT2D eigenvalue weighted by Crippen LogP contribution is -2.39. The van der Waals surface area contributed by atoms with Crippen LogP contribution in [0.25, 0.3) is 0 Å². The highest BCUT2D eigenvalue weighted by molar-refractivity contribution is 14.1. The minimum Gasteiger partial charge on any atom is -0.396 e. The van der Waals surface area contributed by atoms with Crippen molar-refractivity contribution in [3.05, 3.63) is 27.6 Å². The molecule has 0 aromatic carbocycles. The molecule has 1 amide bonds. The van der Waals surface area contributed by atoms with Crippen molar-refractivity contribution in [2.45, 2.75) is 12.8 Å². The van der Waals surface area contributed by atoms with Gasteiger partial charge in [-0.15, -0.1) is 0 Å². The van der Waals surface area contributed by atoms with Crippen LogP contribution in [0.1, 0.15) is 23.2 Å². The average molecular weight is 346 g/mol. The summed E-state index contributed by atoms with van der Waals surface area (Å²) in [5.41, 5.74) is 0.725. The summed E-state index contributed by atoms with van der Waals surface area (Å²) in [5, 5.41) is 9.06. The molecule has 2 rings (SSSR count). The van der Waals surface area contributed by atoms with Crippen molar-refractivity contribution in [3.8, 4) is 0 Å². The predicted molar refractivity (Wildman–Crippen MR) is 72.7 cm³/mol. The van der Waals surface area contributed by atoms with Crippen LogP contribution in [-0.2, 0) is 0 Å². The number of carbonyl (C=O) groups is 1. The zero-order valence-electron chi connectivity index (χ0n) is 9.47. The number of pyridine rings is 1. The number of aromatic nitrogens is 1. The molecule has 1 N–H and O–H groups in total. The van der Waals surface area contributed by atoms with E-state index in [4.69, 9.17) is 5.11 Å². The Morgan fingerprint density at radius 3 is 2.82 bits per heavy atom. The number of aliphatic hydroxyl groups excluding tert-OH is 1. The van der Waals surface area contributed by atoms with E-state index in [1.54, 1.807) is 18.5 Å². The first-order chi connectivity index (χ1) is 8.22. The number of hydrogen-bond acceptors (Lipinski definition) is 3. The van der Waals surface area contributed by atoms with Gasteiger partial charge in [-0.25, -0.2) is 0 Å². The maximum absolute atomic E-state index is 12.2. The molecule has 1 aromatic rings. The molecule has 0 unspecified atom stereocenters. The quantitative estimate of drug-likeness (QED) is 0.827. The van der Waals surface area contributed by atoms with Gasteiger partial charge in [-0.3, -0.25) is 9.78 Å². The molecular weight excluding hydrogens is 331 g/mol. The van der Waals surface area contributed by atoms with E-state index in [-0.39, 0.29) is 12.5 Å². The molecular formula is C12H15IN2O2. The Morgan fingerprint density at radius 2 is 2.24 bits per heavy atom. The average Bonchev–Trinajstić information content (AvgIpc) is 2.39. The zero-order valence-corrected chi connectivity index (χ0v) is 11.6. The molecule has 0 spiro atoms. The van der Waals surface area contributed by atoms with E-state index in [0.29, 0.717) is 5.92 Å². The molecule has 1 aliphatic heterocycles. The summed E-state index contributed by atoms with van der Waals surface area (Å²) in [6.45, 7) is 1.71. The van der Waals surface area contributed by atoms with Crippen LogP contribution >= 0.6 is 22.6 Å². The third-order valence-electron chi connectivity index (χ3n) is 3.16. The van der Waals surface area contributed by atoms with E-state index >= 15 is 0 Å². The lowest BCUT2D eigenvalue weighted by Gasteiger charge is -2.31. The molecule has 0 aliphatic carbocycles. The molecule has 1 saturated heterocycles. The largest absolute Gasteiger partial charge is 0.396 e. The Hall–Kier alpha value is -0.690. The molecule has 17 heavy (non-hydrogen) atoms. The summed E-state index contributed by atoms with van der Waals surface area (Å²) in [6.07, 6.45) is 5.14. The molecule has 4 nitrogen and oxygen atoms in total. The van der Waals surface area contributed by atoms with Gasteiger partial charge in [0.25, 0.3) is 5.91 Å². The van der Waals surface area contributed by atoms with Crippen molar-refractivity contribution in [2.75, 3.05) is 19.7 Å². The minimum absolute atomic E-state index is 0.0770. The van der Waals surface area contributed by atoms with E-state index in [1.807, 2.05) is 4.90 Å². The van der Waals surface area contributed by atoms with Crippen molar-refractivity contribution in [1.29, 1.82) is 0 Å². The molecule has 1 aliphatic rings. The summed E-state index contributed by atoms with van der Waals surface area (Å²) in [7, 11) is 0. The number of likely N-dealkylation sites (tertiary alicyclic amines) is 1. The zero-order chi connectivity index (χ0) is 12.3. The lowest BCUT2D eigenvalue weighted by molar-refractivity contribution is 0.0649. The molecule has 0 atom stereocenters. The van der Waals surface area contributed by atoms with E-state index in [2.05, 4.69) is 27.6 Å². The Kier molecular flexibility index (Phi) is 4.33. The fourth-order valence-electron chi connectivity index (χ4n) is 2.04. The third-order valence-corrected chi connectivity index (χ3v) is 4.02. The van der Waals surface area contributed by atoms with E-state index < -0.39 is 0 Å². The van der Waals surface area contributed by atoms with Gasteiger partial charge in [-0.1, -0.05) is 0 Å². The van der Waals surface area contributed by atoms with Gasteiger partial charge >= 0.3 is 0 Å². The predicted octanol–water partition coefficient (Wildman–Crippen LogP) is 1.53. The van der Waals surface area contributed by atoms with Gasteiger partial charge < -0.3 is 10.0 Å². The second-order valence-corrected chi connectivity index (χ2v) is 5.44. The number of amides is 1. The minimum atomic E-state index is 0.0770. The van der Waals surface area contributed by atoms with Gasteiger partial charge in [0.1, 0.15) is 0 Å².